The monoisotopic (exact) mass is 257 g/mol. The first-order valence-corrected chi connectivity index (χ1v) is 6.22. The molecule has 1 aliphatic rings. The topological polar surface area (TPSA) is 67.8 Å². The minimum absolute atomic E-state index is 0.0373. The van der Waals surface area contributed by atoms with Crippen molar-refractivity contribution in [2.24, 2.45) is 5.41 Å². The predicted molar refractivity (Wildman–Crippen MR) is 63.4 cm³/mol. The van der Waals surface area contributed by atoms with E-state index in [-0.39, 0.29) is 24.1 Å². The van der Waals surface area contributed by atoms with E-state index in [1.54, 1.807) is 0 Å². The van der Waals surface area contributed by atoms with Crippen LogP contribution in [-0.4, -0.2) is 32.1 Å². The number of carboxylic acids is 1. The number of carbonyl (C=O) groups excluding carboxylic acids is 1. The highest BCUT2D eigenvalue weighted by Gasteiger charge is 2.28. The van der Waals surface area contributed by atoms with Crippen molar-refractivity contribution >= 4 is 5.97 Å². The standard InChI is InChI=1S/C13H22O5/c1-4-5-10(12(14)15)16-7-6-11-17-8-13(2,3)9-18-11/h5,11H,4,6-9H2,1-3H3,(H,14,15)/p-1/b10-5+. The summed E-state index contributed by atoms with van der Waals surface area (Å²) in [5, 5.41) is 10.7. The number of hydrogen-bond acceptors (Lipinski definition) is 5. The quantitative estimate of drug-likeness (QED) is 0.521. The summed E-state index contributed by atoms with van der Waals surface area (Å²) in [5.41, 5.74) is 0.0373. The molecule has 104 valence electrons. The largest absolute Gasteiger partial charge is 0.542 e. The Kier molecular flexibility index (Phi) is 5.62. The molecule has 0 amide bonds. The summed E-state index contributed by atoms with van der Waals surface area (Å²) in [6.45, 7) is 7.48. The molecule has 1 heterocycles. The third-order valence-corrected chi connectivity index (χ3v) is 2.52. The molecule has 0 aromatic rings. The molecule has 0 aromatic heterocycles. The molecule has 5 heteroatoms. The van der Waals surface area contributed by atoms with Gasteiger partial charge in [0.2, 0.25) is 0 Å². The van der Waals surface area contributed by atoms with Crippen molar-refractivity contribution in [2.75, 3.05) is 19.8 Å². The Morgan fingerprint density at radius 1 is 1.44 bits per heavy atom. The van der Waals surface area contributed by atoms with Gasteiger partial charge in [-0.05, 0) is 12.5 Å². The van der Waals surface area contributed by atoms with Crippen molar-refractivity contribution in [3.05, 3.63) is 11.8 Å². The average molecular weight is 257 g/mol. The molecule has 0 unspecified atom stereocenters. The minimum atomic E-state index is -1.29. The Bertz CT molecular complexity index is 299. The first kappa shape index (κ1) is 15.0. The lowest BCUT2D eigenvalue weighted by atomic mass is 9.95. The van der Waals surface area contributed by atoms with Gasteiger partial charge in [0.15, 0.2) is 6.29 Å². The van der Waals surface area contributed by atoms with E-state index in [0.29, 0.717) is 26.1 Å². The molecular formula is C13H21O5-. The van der Waals surface area contributed by atoms with Crippen LogP contribution in [0.2, 0.25) is 0 Å². The maximum atomic E-state index is 10.7. The number of ether oxygens (including phenoxy) is 3. The van der Waals surface area contributed by atoms with Gasteiger partial charge < -0.3 is 24.1 Å². The molecule has 1 fully saturated rings. The van der Waals surface area contributed by atoms with Gasteiger partial charge in [0.25, 0.3) is 0 Å². The van der Waals surface area contributed by atoms with E-state index < -0.39 is 5.97 Å². The molecule has 0 aromatic carbocycles. The Morgan fingerprint density at radius 3 is 2.56 bits per heavy atom. The number of aliphatic carboxylic acids is 1. The zero-order valence-electron chi connectivity index (χ0n) is 11.2. The second-order valence-corrected chi connectivity index (χ2v) is 5.12. The fourth-order valence-corrected chi connectivity index (χ4v) is 1.55. The van der Waals surface area contributed by atoms with Crippen LogP contribution >= 0.6 is 0 Å². The van der Waals surface area contributed by atoms with Crippen molar-refractivity contribution in [2.45, 2.75) is 39.9 Å². The fraction of sp³-hybridized carbons (Fsp3) is 0.769. The number of carbonyl (C=O) groups is 1. The van der Waals surface area contributed by atoms with Gasteiger partial charge in [-0.3, -0.25) is 0 Å². The van der Waals surface area contributed by atoms with Crippen LogP contribution in [0.1, 0.15) is 33.6 Å². The van der Waals surface area contributed by atoms with E-state index in [4.69, 9.17) is 14.2 Å². The zero-order valence-corrected chi connectivity index (χ0v) is 11.2. The molecular weight excluding hydrogens is 236 g/mol. The molecule has 0 N–H and O–H groups in total. The highest BCUT2D eigenvalue weighted by Crippen LogP contribution is 2.24. The van der Waals surface area contributed by atoms with Crippen LogP contribution in [0.15, 0.2) is 11.8 Å². The smallest absolute Gasteiger partial charge is 0.160 e. The van der Waals surface area contributed by atoms with Crippen LogP contribution in [0.5, 0.6) is 0 Å². The summed E-state index contributed by atoms with van der Waals surface area (Å²) in [7, 11) is 0. The van der Waals surface area contributed by atoms with Crippen LogP contribution in [0.4, 0.5) is 0 Å². The number of allylic oxidation sites excluding steroid dienone is 1. The molecule has 1 rings (SSSR count). The van der Waals surface area contributed by atoms with E-state index in [1.807, 2.05) is 6.92 Å². The van der Waals surface area contributed by atoms with Crippen LogP contribution in [-0.2, 0) is 19.0 Å². The summed E-state index contributed by atoms with van der Waals surface area (Å²) in [5.74, 6) is -1.41. The SMILES string of the molecule is CC/C=C(/OCCC1OCC(C)(C)CO1)C(=O)[O-]. The molecule has 0 spiro atoms. The lowest BCUT2D eigenvalue weighted by Gasteiger charge is -2.34. The number of carboxylic acid groups (broad SMARTS) is 1. The third kappa shape index (κ3) is 5.06. The number of hydrogen-bond donors (Lipinski definition) is 0. The van der Waals surface area contributed by atoms with Gasteiger partial charge in [0.05, 0.1) is 19.8 Å². The first-order chi connectivity index (χ1) is 8.44. The Hall–Kier alpha value is -1.07. The van der Waals surface area contributed by atoms with Gasteiger partial charge in [-0.1, -0.05) is 20.8 Å². The molecule has 0 radical (unpaired) electrons. The van der Waals surface area contributed by atoms with E-state index in [1.165, 1.54) is 6.08 Å². The van der Waals surface area contributed by atoms with Crippen molar-refractivity contribution in [1.82, 2.24) is 0 Å². The summed E-state index contributed by atoms with van der Waals surface area (Å²) in [4.78, 5) is 10.7. The van der Waals surface area contributed by atoms with Crippen LogP contribution < -0.4 is 5.11 Å². The average Bonchev–Trinajstić information content (AvgIpc) is 2.30. The molecule has 1 saturated heterocycles. The van der Waals surface area contributed by atoms with E-state index >= 15 is 0 Å². The first-order valence-electron chi connectivity index (χ1n) is 6.22. The van der Waals surface area contributed by atoms with Crippen molar-refractivity contribution in [3.8, 4) is 0 Å². The second kappa shape index (κ2) is 6.75. The molecule has 1 aliphatic heterocycles. The predicted octanol–water partition coefficient (Wildman–Crippen LogP) is 0.836. The Labute approximate surface area is 108 Å². The van der Waals surface area contributed by atoms with Crippen molar-refractivity contribution in [3.63, 3.8) is 0 Å². The van der Waals surface area contributed by atoms with E-state index in [9.17, 15) is 9.90 Å². The Balaban J connectivity index is 2.26. The highest BCUT2D eigenvalue weighted by molar-refractivity contribution is 5.82. The van der Waals surface area contributed by atoms with Gasteiger partial charge in [-0.2, -0.15) is 0 Å². The maximum absolute atomic E-state index is 10.7. The molecule has 0 aliphatic carbocycles. The van der Waals surface area contributed by atoms with Gasteiger partial charge in [-0.15, -0.1) is 0 Å². The summed E-state index contributed by atoms with van der Waals surface area (Å²) >= 11 is 0. The lowest BCUT2D eigenvalue weighted by Crippen LogP contribution is -2.38. The highest BCUT2D eigenvalue weighted by atomic mass is 16.7. The molecule has 0 atom stereocenters. The third-order valence-electron chi connectivity index (χ3n) is 2.52. The Morgan fingerprint density at radius 2 is 2.06 bits per heavy atom. The van der Waals surface area contributed by atoms with Crippen LogP contribution in [0, 0.1) is 5.41 Å². The molecule has 18 heavy (non-hydrogen) atoms. The van der Waals surface area contributed by atoms with Crippen molar-refractivity contribution < 1.29 is 24.1 Å². The van der Waals surface area contributed by atoms with E-state index in [2.05, 4.69) is 13.8 Å². The summed E-state index contributed by atoms with van der Waals surface area (Å²) in [6.07, 6.45) is 2.27. The maximum Gasteiger partial charge on any atom is 0.160 e. The number of rotatable bonds is 6. The normalized spacial score (nSPS) is 20.7. The second-order valence-electron chi connectivity index (χ2n) is 5.12. The minimum Gasteiger partial charge on any atom is -0.542 e. The van der Waals surface area contributed by atoms with Gasteiger partial charge in [-0.25, -0.2) is 0 Å². The van der Waals surface area contributed by atoms with E-state index in [0.717, 1.165) is 0 Å². The van der Waals surface area contributed by atoms with Crippen LogP contribution in [0.3, 0.4) is 0 Å². The van der Waals surface area contributed by atoms with Gasteiger partial charge in [0, 0.05) is 11.8 Å². The molecule has 0 saturated carbocycles. The summed E-state index contributed by atoms with van der Waals surface area (Å²) < 4.78 is 16.2. The zero-order chi connectivity index (χ0) is 13.6. The summed E-state index contributed by atoms with van der Waals surface area (Å²) in [6, 6.07) is 0. The van der Waals surface area contributed by atoms with Gasteiger partial charge >= 0.3 is 0 Å². The van der Waals surface area contributed by atoms with Crippen LogP contribution in [0.25, 0.3) is 0 Å². The van der Waals surface area contributed by atoms with Gasteiger partial charge in [0.1, 0.15) is 11.7 Å². The molecule has 0 bridgehead atoms. The van der Waals surface area contributed by atoms with Crippen molar-refractivity contribution in [1.29, 1.82) is 0 Å². The fourth-order valence-electron chi connectivity index (χ4n) is 1.55. The molecule has 5 nitrogen and oxygen atoms in total. The lowest BCUT2D eigenvalue weighted by molar-refractivity contribution is -0.303.